The lowest BCUT2D eigenvalue weighted by Crippen LogP contribution is -2.42. The van der Waals surface area contributed by atoms with Gasteiger partial charge in [-0.1, -0.05) is 0 Å². The second-order valence-electron chi connectivity index (χ2n) is 5.52. The molecule has 0 spiro atoms. The molecule has 0 aliphatic heterocycles. The van der Waals surface area contributed by atoms with E-state index in [0.29, 0.717) is 0 Å². The number of alkyl halides is 5. The van der Waals surface area contributed by atoms with Crippen LogP contribution in [0.4, 0.5) is 26.3 Å². The number of hydrogen-bond acceptors (Lipinski definition) is 3. The van der Waals surface area contributed by atoms with Crippen molar-refractivity contribution in [1.82, 2.24) is 19.1 Å². The Hall–Kier alpha value is -2.85. The fourth-order valence-corrected chi connectivity index (χ4v) is 2.45. The van der Waals surface area contributed by atoms with Gasteiger partial charge >= 0.3 is 17.8 Å². The van der Waals surface area contributed by atoms with Gasteiger partial charge in [-0.25, -0.2) is 9.18 Å². The first-order valence-corrected chi connectivity index (χ1v) is 7.13. The van der Waals surface area contributed by atoms with Crippen molar-refractivity contribution in [3.05, 3.63) is 46.9 Å². The van der Waals surface area contributed by atoms with Gasteiger partial charge in [0.15, 0.2) is 5.82 Å². The summed E-state index contributed by atoms with van der Waals surface area (Å²) in [5, 5.41) is 0. The summed E-state index contributed by atoms with van der Waals surface area (Å²) in [5.41, 5.74) is -1.44. The summed E-state index contributed by atoms with van der Waals surface area (Å²) >= 11 is 0. The maximum atomic E-state index is 13.8. The van der Waals surface area contributed by atoms with E-state index in [1.54, 1.807) is 0 Å². The lowest BCUT2D eigenvalue weighted by molar-refractivity contribution is -0.286. The molecular formula is C15H10F6N4O. The SMILES string of the molecule is Cn1c(=O)n(CC(F)(F)C(F)(F)F)c2cnc(-c3ncccc3F)cc21. The van der Waals surface area contributed by atoms with E-state index in [4.69, 9.17) is 0 Å². The van der Waals surface area contributed by atoms with Gasteiger partial charge < -0.3 is 0 Å². The van der Waals surface area contributed by atoms with Crippen molar-refractivity contribution < 1.29 is 26.3 Å². The molecule has 0 aliphatic rings. The standard InChI is InChI=1S/C15H10F6N4O/c1-24-10-5-9(12-8(16)3-2-4-22-12)23-6-11(10)25(13(24)26)7-14(17,18)15(19,20)21/h2-6H,7H2,1H3. The van der Waals surface area contributed by atoms with E-state index in [9.17, 15) is 31.1 Å². The number of imidazole rings is 1. The normalized spacial score (nSPS) is 12.7. The zero-order valence-electron chi connectivity index (χ0n) is 13.1. The minimum Gasteiger partial charge on any atom is -0.295 e. The summed E-state index contributed by atoms with van der Waals surface area (Å²) in [7, 11) is 1.20. The predicted octanol–water partition coefficient (Wildman–Crippen LogP) is 3.13. The molecule has 0 radical (unpaired) electrons. The van der Waals surface area contributed by atoms with E-state index in [-0.39, 0.29) is 27.0 Å². The van der Waals surface area contributed by atoms with Crippen molar-refractivity contribution in [2.75, 3.05) is 0 Å². The molecule has 5 nitrogen and oxygen atoms in total. The fourth-order valence-electron chi connectivity index (χ4n) is 2.45. The molecular weight excluding hydrogens is 366 g/mol. The number of aromatic nitrogens is 4. The van der Waals surface area contributed by atoms with E-state index in [1.165, 1.54) is 25.4 Å². The van der Waals surface area contributed by atoms with E-state index < -0.39 is 30.2 Å². The molecule has 0 saturated heterocycles. The Morgan fingerprint density at radius 1 is 1.12 bits per heavy atom. The average molecular weight is 376 g/mol. The summed E-state index contributed by atoms with van der Waals surface area (Å²) < 4.78 is 79.0. The minimum absolute atomic E-state index is 0.00549. The Morgan fingerprint density at radius 2 is 1.81 bits per heavy atom. The Kier molecular flexibility index (Phi) is 4.04. The van der Waals surface area contributed by atoms with Gasteiger partial charge in [-0.05, 0) is 18.2 Å². The third-order valence-corrected chi connectivity index (χ3v) is 3.80. The third kappa shape index (κ3) is 2.82. The molecule has 0 unspecified atom stereocenters. The molecule has 0 atom stereocenters. The predicted molar refractivity (Wildman–Crippen MR) is 79.2 cm³/mol. The van der Waals surface area contributed by atoms with Crippen LogP contribution in [0.5, 0.6) is 0 Å². The van der Waals surface area contributed by atoms with Crippen molar-refractivity contribution in [2.24, 2.45) is 7.05 Å². The van der Waals surface area contributed by atoms with Crippen LogP contribution in [0.3, 0.4) is 0 Å². The van der Waals surface area contributed by atoms with Crippen molar-refractivity contribution in [1.29, 1.82) is 0 Å². The van der Waals surface area contributed by atoms with Crippen LogP contribution in [0.2, 0.25) is 0 Å². The lowest BCUT2D eigenvalue weighted by Gasteiger charge is -2.19. The molecule has 0 N–H and O–H groups in total. The number of hydrogen-bond donors (Lipinski definition) is 0. The highest BCUT2D eigenvalue weighted by molar-refractivity contribution is 5.79. The smallest absolute Gasteiger partial charge is 0.295 e. The molecule has 3 rings (SSSR count). The highest BCUT2D eigenvalue weighted by Gasteiger charge is 2.58. The molecule has 0 aliphatic carbocycles. The summed E-state index contributed by atoms with van der Waals surface area (Å²) in [6.45, 7) is -1.88. The molecule has 0 aromatic carbocycles. The molecule has 0 amide bonds. The first kappa shape index (κ1) is 18.0. The first-order chi connectivity index (χ1) is 12.0. The van der Waals surface area contributed by atoms with Gasteiger partial charge in [-0.2, -0.15) is 22.0 Å². The van der Waals surface area contributed by atoms with Gasteiger partial charge in [0.05, 0.1) is 22.9 Å². The second-order valence-corrected chi connectivity index (χ2v) is 5.52. The number of pyridine rings is 2. The van der Waals surface area contributed by atoms with Gasteiger partial charge in [-0.15, -0.1) is 0 Å². The van der Waals surface area contributed by atoms with Gasteiger partial charge in [-0.3, -0.25) is 19.1 Å². The summed E-state index contributed by atoms with van der Waals surface area (Å²) in [6.07, 6.45) is -3.57. The molecule has 3 aromatic rings. The largest absolute Gasteiger partial charge is 0.455 e. The van der Waals surface area contributed by atoms with Crippen LogP contribution in [-0.2, 0) is 13.6 Å². The Labute approximate surface area is 141 Å². The molecule has 11 heteroatoms. The lowest BCUT2D eigenvalue weighted by atomic mass is 10.2. The van der Waals surface area contributed by atoms with E-state index in [2.05, 4.69) is 9.97 Å². The van der Waals surface area contributed by atoms with Crippen LogP contribution >= 0.6 is 0 Å². The zero-order valence-corrected chi connectivity index (χ0v) is 13.1. The Balaban J connectivity index is 2.16. The average Bonchev–Trinajstić information content (AvgIpc) is 2.79. The third-order valence-electron chi connectivity index (χ3n) is 3.80. The Bertz CT molecular complexity index is 1040. The van der Waals surface area contributed by atoms with E-state index in [0.717, 1.165) is 16.8 Å². The van der Waals surface area contributed by atoms with Crippen molar-refractivity contribution in [2.45, 2.75) is 18.6 Å². The molecule has 0 saturated carbocycles. The summed E-state index contributed by atoms with van der Waals surface area (Å²) in [4.78, 5) is 19.8. The summed E-state index contributed by atoms with van der Waals surface area (Å²) in [5.74, 6) is -5.80. The first-order valence-electron chi connectivity index (χ1n) is 7.13. The van der Waals surface area contributed by atoms with Crippen LogP contribution in [-0.4, -0.2) is 31.2 Å². The maximum absolute atomic E-state index is 13.8. The van der Waals surface area contributed by atoms with Crippen molar-refractivity contribution in [3.63, 3.8) is 0 Å². The van der Waals surface area contributed by atoms with Crippen LogP contribution in [0.15, 0.2) is 35.4 Å². The van der Waals surface area contributed by atoms with Gasteiger partial charge in [0, 0.05) is 13.2 Å². The van der Waals surface area contributed by atoms with E-state index >= 15 is 0 Å². The monoisotopic (exact) mass is 376 g/mol. The number of nitrogens with zero attached hydrogens (tertiary/aromatic N) is 4. The maximum Gasteiger partial charge on any atom is 0.455 e. The molecule has 3 heterocycles. The van der Waals surface area contributed by atoms with Gasteiger partial charge in [0.2, 0.25) is 0 Å². The topological polar surface area (TPSA) is 52.7 Å². The van der Waals surface area contributed by atoms with Gasteiger partial charge in [0.25, 0.3) is 0 Å². The number of rotatable bonds is 3. The highest BCUT2D eigenvalue weighted by Crippen LogP contribution is 2.37. The molecule has 26 heavy (non-hydrogen) atoms. The van der Waals surface area contributed by atoms with Crippen LogP contribution in [0, 0.1) is 5.82 Å². The van der Waals surface area contributed by atoms with Crippen LogP contribution in [0.25, 0.3) is 22.4 Å². The van der Waals surface area contributed by atoms with E-state index in [1.807, 2.05) is 0 Å². The van der Waals surface area contributed by atoms with Crippen LogP contribution in [0.1, 0.15) is 0 Å². The second kappa shape index (κ2) is 5.85. The molecule has 138 valence electrons. The molecule has 3 aromatic heterocycles. The summed E-state index contributed by atoms with van der Waals surface area (Å²) in [6, 6.07) is 3.68. The Morgan fingerprint density at radius 3 is 2.42 bits per heavy atom. The number of aryl methyl sites for hydroxylation is 1. The number of halogens is 6. The zero-order chi connectivity index (χ0) is 19.3. The van der Waals surface area contributed by atoms with Crippen LogP contribution < -0.4 is 5.69 Å². The number of fused-ring (bicyclic) bond motifs is 1. The van der Waals surface area contributed by atoms with Crippen molar-refractivity contribution >= 4 is 11.0 Å². The minimum atomic E-state index is -5.81. The van der Waals surface area contributed by atoms with Crippen molar-refractivity contribution in [3.8, 4) is 11.4 Å². The highest BCUT2D eigenvalue weighted by atomic mass is 19.4. The molecule has 0 bridgehead atoms. The fraction of sp³-hybridized carbons (Fsp3) is 0.267. The van der Waals surface area contributed by atoms with Gasteiger partial charge in [0.1, 0.15) is 12.2 Å². The molecule has 0 fully saturated rings. The quantitative estimate of drug-likeness (QED) is 0.660.